The molecular formula is C11H13N7. The van der Waals surface area contributed by atoms with Crippen LogP contribution in [0.25, 0.3) is 10.4 Å². The summed E-state index contributed by atoms with van der Waals surface area (Å²) >= 11 is 0. The molecule has 0 fully saturated rings. The number of nitrogens with two attached hydrogens (primary N) is 1. The van der Waals surface area contributed by atoms with Crippen molar-refractivity contribution in [3.8, 4) is 0 Å². The second-order valence-corrected chi connectivity index (χ2v) is 4.11. The molecule has 0 amide bonds. The molecule has 18 heavy (non-hydrogen) atoms. The third-order valence-corrected chi connectivity index (χ3v) is 3.19. The van der Waals surface area contributed by atoms with Crippen LogP contribution in [0.4, 0.5) is 5.69 Å². The van der Waals surface area contributed by atoms with Crippen molar-refractivity contribution in [2.75, 3.05) is 6.54 Å². The minimum atomic E-state index is 0.0480. The molecule has 0 saturated carbocycles. The van der Waals surface area contributed by atoms with E-state index < -0.39 is 0 Å². The summed E-state index contributed by atoms with van der Waals surface area (Å²) in [6.45, 7) is 0.366. The predicted octanol–water partition coefficient (Wildman–Crippen LogP) is 3.17. The zero-order valence-corrected chi connectivity index (χ0v) is 9.69. The molecule has 0 aromatic heterocycles. The van der Waals surface area contributed by atoms with Crippen LogP contribution in [-0.2, 0) is 0 Å². The van der Waals surface area contributed by atoms with E-state index in [4.69, 9.17) is 16.8 Å². The summed E-state index contributed by atoms with van der Waals surface area (Å²) in [5.41, 5.74) is 11.2. The lowest BCUT2D eigenvalue weighted by atomic mass is 10.00. The molecule has 1 aliphatic carbocycles. The number of fused-ring (bicyclic) bond motifs is 1. The van der Waals surface area contributed by atoms with Crippen LogP contribution in [0, 0.1) is 5.41 Å². The summed E-state index contributed by atoms with van der Waals surface area (Å²) in [5.74, 6) is 5.22. The van der Waals surface area contributed by atoms with Gasteiger partial charge in [-0.3, -0.25) is 0 Å². The maximum Gasteiger partial charge on any atom is 0.0911 e. The van der Waals surface area contributed by atoms with Gasteiger partial charge in [-0.1, -0.05) is 22.5 Å². The third-order valence-electron chi connectivity index (χ3n) is 3.19. The summed E-state index contributed by atoms with van der Waals surface area (Å²) < 4.78 is 0. The highest BCUT2D eigenvalue weighted by Crippen LogP contribution is 2.45. The van der Waals surface area contributed by atoms with Crippen molar-refractivity contribution >= 4 is 11.9 Å². The van der Waals surface area contributed by atoms with Gasteiger partial charge in [0.2, 0.25) is 0 Å². The number of nitrogens with one attached hydrogen (secondary N) is 1. The van der Waals surface area contributed by atoms with Gasteiger partial charge in [-0.2, -0.15) is 0 Å². The zero-order valence-electron chi connectivity index (χ0n) is 9.69. The Bertz CT molecular complexity index is 530. The second kappa shape index (κ2) is 5.29. The normalized spacial score (nSPS) is 21.6. The van der Waals surface area contributed by atoms with Gasteiger partial charge in [-0.15, -0.1) is 5.11 Å². The van der Waals surface area contributed by atoms with Crippen molar-refractivity contribution in [3.63, 3.8) is 0 Å². The molecule has 0 saturated heterocycles. The summed E-state index contributed by atoms with van der Waals surface area (Å²) in [7, 11) is 0. The van der Waals surface area contributed by atoms with Gasteiger partial charge in [0.15, 0.2) is 0 Å². The molecule has 2 atom stereocenters. The van der Waals surface area contributed by atoms with Crippen LogP contribution in [0.1, 0.15) is 29.4 Å². The smallest absolute Gasteiger partial charge is 0.0911 e. The van der Waals surface area contributed by atoms with Gasteiger partial charge in [-0.25, -0.2) is 0 Å². The van der Waals surface area contributed by atoms with E-state index in [9.17, 15) is 0 Å². The molecule has 0 bridgehead atoms. The number of azide groups is 1. The lowest BCUT2D eigenvalue weighted by Crippen LogP contribution is -1.98. The van der Waals surface area contributed by atoms with Crippen LogP contribution in [-0.4, -0.2) is 12.8 Å². The van der Waals surface area contributed by atoms with Crippen molar-refractivity contribution in [2.45, 2.75) is 18.3 Å². The minimum absolute atomic E-state index is 0.0480. The van der Waals surface area contributed by atoms with Gasteiger partial charge >= 0.3 is 0 Å². The number of benzene rings is 1. The SMILES string of the molecule is [N-]=[N+]=NCC1CC(C=N)c2cccc(N=NN)c21. The first kappa shape index (κ1) is 12.1. The molecular weight excluding hydrogens is 230 g/mol. The summed E-state index contributed by atoms with van der Waals surface area (Å²) in [4.78, 5) is 2.79. The summed E-state index contributed by atoms with van der Waals surface area (Å²) in [6, 6.07) is 5.66. The van der Waals surface area contributed by atoms with E-state index in [1.165, 1.54) is 6.21 Å². The Kier molecular flexibility index (Phi) is 3.54. The maximum atomic E-state index is 8.42. The lowest BCUT2D eigenvalue weighted by molar-refractivity contribution is 0.669. The highest BCUT2D eigenvalue weighted by atomic mass is 15.3. The monoisotopic (exact) mass is 243 g/mol. The first-order valence-corrected chi connectivity index (χ1v) is 5.57. The van der Waals surface area contributed by atoms with Crippen LogP contribution in [0.3, 0.4) is 0 Å². The van der Waals surface area contributed by atoms with E-state index in [0.29, 0.717) is 12.2 Å². The largest absolute Gasteiger partial charge is 0.312 e. The molecule has 2 rings (SSSR count). The van der Waals surface area contributed by atoms with Crippen LogP contribution in [0.5, 0.6) is 0 Å². The predicted molar refractivity (Wildman–Crippen MR) is 68.0 cm³/mol. The van der Waals surface area contributed by atoms with Gasteiger partial charge in [0.1, 0.15) is 0 Å². The molecule has 7 heteroatoms. The van der Waals surface area contributed by atoms with Crippen LogP contribution in [0.2, 0.25) is 0 Å². The molecule has 1 aromatic rings. The fourth-order valence-electron chi connectivity index (χ4n) is 2.50. The molecule has 3 N–H and O–H groups in total. The Morgan fingerprint density at radius 3 is 3.06 bits per heavy atom. The van der Waals surface area contributed by atoms with Crippen molar-refractivity contribution in [1.29, 1.82) is 5.41 Å². The molecule has 1 aliphatic rings. The van der Waals surface area contributed by atoms with Gasteiger partial charge in [0, 0.05) is 23.6 Å². The molecule has 2 unspecified atom stereocenters. The quantitative estimate of drug-likeness (QED) is 0.207. The van der Waals surface area contributed by atoms with Crippen molar-refractivity contribution in [3.05, 3.63) is 39.8 Å². The Morgan fingerprint density at radius 1 is 1.56 bits per heavy atom. The van der Waals surface area contributed by atoms with Gasteiger partial charge in [-0.05, 0) is 35.1 Å². The van der Waals surface area contributed by atoms with Gasteiger partial charge in [0.25, 0.3) is 0 Å². The van der Waals surface area contributed by atoms with E-state index in [-0.39, 0.29) is 11.8 Å². The van der Waals surface area contributed by atoms with Crippen molar-refractivity contribution < 1.29 is 0 Å². The van der Waals surface area contributed by atoms with Crippen LogP contribution in [0.15, 0.2) is 33.7 Å². The van der Waals surface area contributed by atoms with Crippen molar-refractivity contribution in [1.82, 2.24) is 0 Å². The molecule has 1 aromatic carbocycles. The van der Waals surface area contributed by atoms with E-state index >= 15 is 0 Å². The summed E-state index contributed by atoms with van der Waals surface area (Å²) in [5, 5.41) is 18.3. The number of nitrogens with zero attached hydrogens (tertiary/aromatic N) is 5. The Labute approximate surface area is 104 Å². The fraction of sp³-hybridized carbons (Fsp3) is 0.364. The Morgan fingerprint density at radius 2 is 2.39 bits per heavy atom. The molecule has 0 spiro atoms. The minimum Gasteiger partial charge on any atom is -0.312 e. The molecule has 92 valence electrons. The Hall–Kier alpha value is -2.40. The third kappa shape index (κ3) is 2.03. The molecule has 0 aliphatic heterocycles. The van der Waals surface area contributed by atoms with E-state index in [0.717, 1.165) is 17.5 Å². The zero-order chi connectivity index (χ0) is 13.0. The first-order valence-electron chi connectivity index (χ1n) is 5.57. The Balaban J connectivity index is 2.48. The van der Waals surface area contributed by atoms with Gasteiger partial charge < -0.3 is 11.3 Å². The standard InChI is InChI=1S/C11H13N7/c12-5-7-4-8(6-15-17-13)11-9(7)2-1-3-10(11)16-18-14/h1-3,5,7-8,12H,4,6H2,(H2,14,16). The highest BCUT2D eigenvalue weighted by molar-refractivity contribution is 5.71. The molecule has 0 radical (unpaired) electrons. The number of hydrogen-bond acceptors (Lipinski definition) is 4. The highest BCUT2D eigenvalue weighted by Gasteiger charge is 2.31. The maximum absolute atomic E-state index is 8.42. The van der Waals surface area contributed by atoms with E-state index in [2.05, 4.69) is 20.4 Å². The molecule has 7 nitrogen and oxygen atoms in total. The molecule has 0 heterocycles. The van der Waals surface area contributed by atoms with Crippen LogP contribution >= 0.6 is 0 Å². The van der Waals surface area contributed by atoms with Crippen LogP contribution < -0.4 is 5.84 Å². The van der Waals surface area contributed by atoms with E-state index in [1.807, 2.05) is 18.2 Å². The number of rotatable bonds is 4. The van der Waals surface area contributed by atoms with Crippen molar-refractivity contribution in [2.24, 2.45) is 21.3 Å². The lowest BCUT2D eigenvalue weighted by Gasteiger charge is -2.09. The van der Waals surface area contributed by atoms with E-state index in [1.54, 1.807) is 0 Å². The average Bonchev–Trinajstić information content (AvgIpc) is 2.76. The second-order valence-electron chi connectivity index (χ2n) is 4.11. The first-order chi connectivity index (χ1) is 8.81. The van der Waals surface area contributed by atoms with Gasteiger partial charge in [0.05, 0.1) is 5.69 Å². The average molecular weight is 243 g/mol. The fourth-order valence-corrected chi connectivity index (χ4v) is 2.50. The topological polar surface area (TPSA) is 123 Å². The summed E-state index contributed by atoms with van der Waals surface area (Å²) in [6.07, 6.45) is 2.17. The number of hydrogen-bond donors (Lipinski definition) is 2.